The second-order valence-corrected chi connectivity index (χ2v) is 23.2. The lowest BCUT2D eigenvalue weighted by molar-refractivity contribution is -0.359. The SMILES string of the molecule is CCCCCCC/C=C\C/C=C\C/C=C\CCCCCCCCCCCCCCCCC(=O)NC(COC1OC(CO)C(OC2OC(CO)C(O)C(O)C2O)C(O)C1O)C(O)/C=C/CC/C=C/CCCCCCCCCCCCCC. The third kappa shape index (κ3) is 37.0. The highest BCUT2D eigenvalue weighted by Crippen LogP contribution is 2.30. The standard InChI is InChI=1S/C67H121NO13/c1-3-5-7-9-11-13-15-17-19-21-23-24-25-26-27-28-29-30-31-32-33-35-37-39-41-43-45-47-49-51-59(72)68-55(56(71)50-48-46-44-42-40-38-36-34-22-20-18-16-14-12-10-8-6-4-2)54-78-66-64(77)62(75)65(58(53-70)80-66)81-67-63(76)61(74)60(73)57(52-69)79-67/h15,17,21,23,25-26,40,42,48,50,55-58,60-67,69-71,73-77H,3-14,16,18-20,22,24,27-39,41,43-47,49,51-54H2,1-2H3,(H,68,72)/b17-15-,23-21-,26-25-,42-40+,50-48+. The molecule has 2 aliphatic heterocycles. The Kier molecular flexibility index (Phi) is 48.1. The van der Waals surface area contributed by atoms with Crippen LogP contribution in [0, 0.1) is 0 Å². The van der Waals surface area contributed by atoms with E-state index >= 15 is 0 Å². The Morgan fingerprint density at radius 1 is 0.444 bits per heavy atom. The van der Waals surface area contributed by atoms with Gasteiger partial charge in [0.25, 0.3) is 0 Å². The summed E-state index contributed by atoms with van der Waals surface area (Å²) in [6.07, 6.45) is 51.2. The van der Waals surface area contributed by atoms with E-state index in [1.54, 1.807) is 6.08 Å². The predicted molar refractivity (Wildman–Crippen MR) is 327 cm³/mol. The van der Waals surface area contributed by atoms with Crippen LogP contribution in [0.3, 0.4) is 0 Å². The van der Waals surface area contributed by atoms with E-state index in [1.807, 2.05) is 6.08 Å². The summed E-state index contributed by atoms with van der Waals surface area (Å²) in [7, 11) is 0. The molecule has 12 atom stereocenters. The Balaban J connectivity index is 1.70. The van der Waals surface area contributed by atoms with Gasteiger partial charge in [0, 0.05) is 6.42 Å². The summed E-state index contributed by atoms with van der Waals surface area (Å²) in [4.78, 5) is 13.3. The van der Waals surface area contributed by atoms with E-state index in [1.165, 1.54) is 186 Å². The molecule has 0 aromatic rings. The molecule has 81 heavy (non-hydrogen) atoms. The molecule has 2 rings (SSSR count). The van der Waals surface area contributed by atoms with Crippen molar-refractivity contribution in [3.8, 4) is 0 Å². The summed E-state index contributed by atoms with van der Waals surface area (Å²) in [6.45, 7) is 2.79. The van der Waals surface area contributed by atoms with Crippen molar-refractivity contribution in [2.24, 2.45) is 0 Å². The van der Waals surface area contributed by atoms with Crippen LogP contribution in [0.5, 0.6) is 0 Å². The minimum Gasteiger partial charge on any atom is -0.394 e. The zero-order chi connectivity index (χ0) is 58.8. The highest BCUT2D eigenvalue weighted by atomic mass is 16.7. The van der Waals surface area contributed by atoms with E-state index in [0.29, 0.717) is 12.8 Å². The number of carbonyl (C=O) groups is 1. The fourth-order valence-electron chi connectivity index (χ4n) is 10.6. The molecule has 0 radical (unpaired) electrons. The van der Waals surface area contributed by atoms with Crippen molar-refractivity contribution in [2.75, 3.05) is 19.8 Å². The molecule has 1 amide bonds. The number of amides is 1. The average Bonchev–Trinajstić information content (AvgIpc) is 3.47. The lowest BCUT2D eigenvalue weighted by Gasteiger charge is -2.46. The Hall–Kier alpha value is -2.31. The van der Waals surface area contributed by atoms with E-state index in [2.05, 4.69) is 67.8 Å². The highest BCUT2D eigenvalue weighted by Gasteiger charge is 2.51. The van der Waals surface area contributed by atoms with Gasteiger partial charge < -0.3 is 65.1 Å². The molecule has 14 nitrogen and oxygen atoms in total. The first-order valence-corrected chi connectivity index (χ1v) is 33.0. The number of hydrogen-bond donors (Lipinski definition) is 9. The molecule has 2 fully saturated rings. The van der Waals surface area contributed by atoms with Gasteiger partial charge in [-0.2, -0.15) is 0 Å². The molecule has 12 unspecified atom stereocenters. The number of carbonyl (C=O) groups excluding carboxylic acids is 1. The van der Waals surface area contributed by atoms with Gasteiger partial charge >= 0.3 is 0 Å². The molecular formula is C67H121NO13. The molecule has 0 spiro atoms. The van der Waals surface area contributed by atoms with Crippen LogP contribution in [-0.2, 0) is 23.7 Å². The van der Waals surface area contributed by atoms with Crippen LogP contribution in [0.2, 0.25) is 0 Å². The van der Waals surface area contributed by atoms with E-state index in [9.17, 15) is 45.6 Å². The normalized spacial score (nSPS) is 24.5. The summed E-state index contributed by atoms with van der Waals surface area (Å²) < 4.78 is 22.8. The first-order valence-electron chi connectivity index (χ1n) is 33.0. The van der Waals surface area contributed by atoms with Crippen LogP contribution in [0.15, 0.2) is 60.8 Å². The zero-order valence-corrected chi connectivity index (χ0v) is 51.0. The van der Waals surface area contributed by atoms with Crippen molar-refractivity contribution < 1.29 is 64.6 Å². The summed E-state index contributed by atoms with van der Waals surface area (Å²) in [5, 5.41) is 87.2. The number of nitrogens with one attached hydrogen (secondary N) is 1. The van der Waals surface area contributed by atoms with Crippen molar-refractivity contribution in [3.05, 3.63) is 60.8 Å². The van der Waals surface area contributed by atoms with Gasteiger partial charge in [0.1, 0.15) is 48.8 Å². The van der Waals surface area contributed by atoms with Crippen molar-refractivity contribution in [2.45, 2.75) is 338 Å². The fraction of sp³-hybridized carbons (Fsp3) is 0.836. The van der Waals surface area contributed by atoms with E-state index < -0.39 is 86.8 Å². The van der Waals surface area contributed by atoms with E-state index in [0.717, 1.165) is 44.9 Å². The molecule has 2 aliphatic rings. The number of ether oxygens (including phenoxy) is 4. The van der Waals surface area contributed by atoms with Gasteiger partial charge in [-0.05, 0) is 70.6 Å². The maximum absolute atomic E-state index is 13.3. The summed E-state index contributed by atoms with van der Waals surface area (Å²) in [6, 6.07) is -0.934. The van der Waals surface area contributed by atoms with Gasteiger partial charge in [-0.3, -0.25) is 4.79 Å². The smallest absolute Gasteiger partial charge is 0.220 e. The number of hydrogen-bond acceptors (Lipinski definition) is 13. The summed E-state index contributed by atoms with van der Waals surface area (Å²) in [5.74, 6) is -0.249. The topological polar surface area (TPSA) is 228 Å². The van der Waals surface area contributed by atoms with Gasteiger partial charge in [0.05, 0.1) is 32.0 Å². The number of aliphatic hydroxyl groups excluding tert-OH is 8. The predicted octanol–water partition coefficient (Wildman–Crippen LogP) is 12.5. The van der Waals surface area contributed by atoms with Crippen LogP contribution in [0.4, 0.5) is 0 Å². The van der Waals surface area contributed by atoms with Crippen LogP contribution in [0.1, 0.15) is 264 Å². The zero-order valence-electron chi connectivity index (χ0n) is 51.0. The minimum absolute atomic E-state index is 0.249. The van der Waals surface area contributed by atoms with Crippen LogP contribution < -0.4 is 5.32 Å². The van der Waals surface area contributed by atoms with Gasteiger partial charge in [0.15, 0.2) is 12.6 Å². The third-order valence-electron chi connectivity index (χ3n) is 15.9. The van der Waals surface area contributed by atoms with Crippen molar-refractivity contribution in [1.82, 2.24) is 5.32 Å². The summed E-state index contributed by atoms with van der Waals surface area (Å²) >= 11 is 0. The van der Waals surface area contributed by atoms with Crippen molar-refractivity contribution in [1.29, 1.82) is 0 Å². The van der Waals surface area contributed by atoms with E-state index in [4.69, 9.17) is 18.9 Å². The highest BCUT2D eigenvalue weighted by molar-refractivity contribution is 5.76. The quantitative estimate of drug-likeness (QED) is 0.0204. The third-order valence-corrected chi connectivity index (χ3v) is 15.9. The Morgan fingerprint density at radius 3 is 1.30 bits per heavy atom. The van der Waals surface area contributed by atoms with E-state index in [-0.39, 0.29) is 18.9 Å². The molecule has 9 N–H and O–H groups in total. The van der Waals surface area contributed by atoms with Crippen molar-refractivity contribution in [3.63, 3.8) is 0 Å². The molecule has 0 saturated carbocycles. The van der Waals surface area contributed by atoms with Crippen LogP contribution in [0.25, 0.3) is 0 Å². The van der Waals surface area contributed by atoms with Crippen molar-refractivity contribution >= 4 is 5.91 Å². The maximum Gasteiger partial charge on any atom is 0.220 e. The maximum atomic E-state index is 13.3. The fourth-order valence-corrected chi connectivity index (χ4v) is 10.6. The molecule has 2 heterocycles. The van der Waals surface area contributed by atoms with Gasteiger partial charge in [-0.25, -0.2) is 0 Å². The molecular weight excluding hydrogens is 1030 g/mol. The average molecular weight is 1150 g/mol. The lowest BCUT2D eigenvalue weighted by atomic mass is 9.97. The second-order valence-electron chi connectivity index (χ2n) is 23.2. The van der Waals surface area contributed by atoms with Crippen LogP contribution in [-0.4, -0.2) is 140 Å². The molecule has 14 heteroatoms. The minimum atomic E-state index is -1.79. The van der Waals surface area contributed by atoms with Crippen LogP contribution >= 0.6 is 0 Å². The summed E-state index contributed by atoms with van der Waals surface area (Å²) in [5.41, 5.74) is 0. The second kappa shape index (κ2) is 52.1. The number of aliphatic hydroxyl groups is 8. The largest absolute Gasteiger partial charge is 0.394 e. The molecule has 472 valence electrons. The lowest BCUT2D eigenvalue weighted by Crippen LogP contribution is -2.65. The monoisotopic (exact) mass is 1150 g/mol. The number of rotatable bonds is 53. The molecule has 0 aliphatic carbocycles. The van der Waals surface area contributed by atoms with Gasteiger partial charge in [0.2, 0.25) is 5.91 Å². The molecule has 0 aromatic heterocycles. The van der Waals surface area contributed by atoms with Gasteiger partial charge in [-0.1, -0.05) is 248 Å². The molecule has 2 saturated heterocycles. The number of unbranched alkanes of at least 4 members (excludes halogenated alkanes) is 32. The first kappa shape index (κ1) is 74.8. The number of allylic oxidation sites excluding steroid dienone is 9. The Labute approximate surface area is 492 Å². The Morgan fingerprint density at radius 2 is 0.827 bits per heavy atom. The Bertz CT molecular complexity index is 1590. The molecule has 0 bridgehead atoms. The molecule has 0 aromatic carbocycles. The van der Waals surface area contributed by atoms with Gasteiger partial charge in [-0.15, -0.1) is 0 Å². The first-order chi connectivity index (χ1) is 39.6.